The van der Waals surface area contributed by atoms with Gasteiger partial charge in [-0.25, -0.2) is 0 Å². The van der Waals surface area contributed by atoms with Gasteiger partial charge in [0.2, 0.25) is 5.91 Å². The smallest absolute Gasteiger partial charge is 0.224 e. The molecule has 0 heterocycles. The Bertz CT molecular complexity index is 211. The van der Waals surface area contributed by atoms with E-state index in [1.165, 1.54) is 19.3 Å². The molecule has 0 bridgehead atoms. The number of hydrogen-bond donors (Lipinski definition) is 1. The monoisotopic (exact) mass is 179 g/mol. The van der Waals surface area contributed by atoms with Gasteiger partial charge in [-0.1, -0.05) is 25.2 Å². The molecule has 1 atom stereocenters. The Morgan fingerprint density at radius 1 is 1.46 bits per heavy atom. The molecule has 2 nitrogen and oxygen atoms in total. The summed E-state index contributed by atoms with van der Waals surface area (Å²) < 4.78 is 0. The van der Waals surface area contributed by atoms with Crippen LogP contribution in [0.5, 0.6) is 0 Å². The number of rotatable bonds is 2. The Labute approximate surface area is 80.1 Å². The molecule has 72 valence electrons. The van der Waals surface area contributed by atoms with Crippen LogP contribution >= 0.6 is 0 Å². The van der Waals surface area contributed by atoms with Gasteiger partial charge in [0.1, 0.15) is 0 Å². The van der Waals surface area contributed by atoms with Crippen LogP contribution in [0, 0.1) is 18.3 Å². The minimum absolute atomic E-state index is 0.130. The first-order valence-electron chi connectivity index (χ1n) is 5.00. The summed E-state index contributed by atoms with van der Waals surface area (Å²) in [5.41, 5.74) is 0. The number of amides is 1. The van der Waals surface area contributed by atoms with Gasteiger partial charge in [-0.3, -0.25) is 4.79 Å². The molecule has 1 unspecified atom stereocenters. The second-order valence-electron chi connectivity index (χ2n) is 3.73. The van der Waals surface area contributed by atoms with E-state index in [0.29, 0.717) is 0 Å². The number of hydrogen-bond acceptors (Lipinski definition) is 1. The van der Waals surface area contributed by atoms with Crippen molar-refractivity contribution >= 4 is 5.91 Å². The molecule has 13 heavy (non-hydrogen) atoms. The van der Waals surface area contributed by atoms with Crippen LogP contribution in [-0.4, -0.2) is 11.9 Å². The second-order valence-corrected chi connectivity index (χ2v) is 3.73. The first-order chi connectivity index (χ1) is 6.24. The quantitative estimate of drug-likeness (QED) is 0.642. The highest BCUT2D eigenvalue weighted by Gasteiger charge is 2.21. The molecule has 1 rings (SSSR count). The molecule has 0 saturated heterocycles. The fourth-order valence-electron chi connectivity index (χ4n) is 1.74. The topological polar surface area (TPSA) is 29.1 Å². The summed E-state index contributed by atoms with van der Waals surface area (Å²) in [6.45, 7) is 1.83. The molecule has 0 radical (unpaired) electrons. The van der Waals surface area contributed by atoms with E-state index in [9.17, 15) is 4.79 Å². The van der Waals surface area contributed by atoms with Crippen LogP contribution in [-0.2, 0) is 4.79 Å². The molecule has 1 aliphatic carbocycles. The zero-order valence-corrected chi connectivity index (χ0v) is 8.18. The minimum Gasteiger partial charge on any atom is -0.343 e. The molecule has 1 aliphatic rings. The van der Waals surface area contributed by atoms with E-state index in [0.717, 1.165) is 12.8 Å². The Balaban J connectivity index is 2.34. The van der Waals surface area contributed by atoms with E-state index in [1.807, 2.05) is 6.92 Å². The van der Waals surface area contributed by atoms with Crippen molar-refractivity contribution in [3.8, 4) is 12.3 Å². The molecule has 0 aromatic rings. The zero-order chi connectivity index (χ0) is 9.68. The zero-order valence-electron chi connectivity index (χ0n) is 8.18. The molecular formula is C11H17NO. The van der Waals surface area contributed by atoms with Crippen molar-refractivity contribution in [3.05, 3.63) is 0 Å². The fraction of sp³-hybridized carbons (Fsp3) is 0.727. The number of carbonyl (C=O) groups excluding carboxylic acids is 1. The van der Waals surface area contributed by atoms with Crippen molar-refractivity contribution in [2.45, 2.75) is 45.1 Å². The maximum atomic E-state index is 11.6. The van der Waals surface area contributed by atoms with Crippen molar-refractivity contribution < 1.29 is 4.79 Å². The normalized spacial score (nSPS) is 20.3. The van der Waals surface area contributed by atoms with E-state index >= 15 is 0 Å². The molecule has 0 spiro atoms. The molecule has 1 N–H and O–H groups in total. The van der Waals surface area contributed by atoms with Crippen molar-refractivity contribution in [2.75, 3.05) is 0 Å². The molecule has 0 aliphatic heterocycles. The fourth-order valence-corrected chi connectivity index (χ4v) is 1.74. The molecule has 0 aromatic heterocycles. The average molecular weight is 179 g/mol. The summed E-state index contributed by atoms with van der Waals surface area (Å²) in [6, 6.07) is -0.130. The number of carbonyl (C=O) groups is 1. The summed E-state index contributed by atoms with van der Waals surface area (Å²) in [7, 11) is 0. The third kappa shape index (κ3) is 3.10. The van der Waals surface area contributed by atoms with Crippen molar-refractivity contribution in [1.29, 1.82) is 0 Å². The van der Waals surface area contributed by atoms with Gasteiger partial charge in [0.25, 0.3) is 0 Å². The molecule has 0 aromatic carbocycles. The van der Waals surface area contributed by atoms with Gasteiger partial charge in [0.05, 0.1) is 6.04 Å². The highest BCUT2D eigenvalue weighted by Crippen LogP contribution is 2.23. The van der Waals surface area contributed by atoms with Crippen molar-refractivity contribution in [1.82, 2.24) is 5.32 Å². The lowest BCUT2D eigenvalue weighted by Gasteiger charge is -2.21. The van der Waals surface area contributed by atoms with E-state index in [1.54, 1.807) is 0 Å². The van der Waals surface area contributed by atoms with Crippen LogP contribution < -0.4 is 5.32 Å². The Kier molecular flexibility index (Phi) is 3.82. The molecule has 2 heteroatoms. The predicted octanol–water partition coefficient (Wildman–Crippen LogP) is 1.70. The largest absolute Gasteiger partial charge is 0.343 e. The summed E-state index contributed by atoms with van der Waals surface area (Å²) in [4.78, 5) is 11.6. The maximum absolute atomic E-state index is 11.6. The average Bonchev–Trinajstić information content (AvgIpc) is 2.19. The van der Waals surface area contributed by atoms with Crippen LogP contribution in [0.1, 0.15) is 39.0 Å². The van der Waals surface area contributed by atoms with Gasteiger partial charge < -0.3 is 5.32 Å². The highest BCUT2D eigenvalue weighted by molar-refractivity contribution is 5.79. The third-order valence-corrected chi connectivity index (χ3v) is 2.58. The summed E-state index contributed by atoms with van der Waals surface area (Å²) in [5, 5.41) is 2.82. The molecule has 1 fully saturated rings. The van der Waals surface area contributed by atoms with Gasteiger partial charge >= 0.3 is 0 Å². The first-order valence-corrected chi connectivity index (χ1v) is 5.00. The second kappa shape index (κ2) is 4.91. The third-order valence-electron chi connectivity index (χ3n) is 2.58. The SMILES string of the molecule is C#CC(C)NC(=O)C1CCCCC1. The van der Waals surface area contributed by atoms with Crippen molar-refractivity contribution in [2.24, 2.45) is 5.92 Å². The Hall–Kier alpha value is -0.970. The summed E-state index contributed by atoms with van der Waals surface area (Å²) in [5.74, 6) is 2.86. The van der Waals surface area contributed by atoms with E-state index in [2.05, 4.69) is 11.2 Å². The van der Waals surface area contributed by atoms with Crippen LogP contribution in [0.25, 0.3) is 0 Å². The lowest BCUT2D eigenvalue weighted by atomic mass is 9.88. The lowest BCUT2D eigenvalue weighted by Crippen LogP contribution is -2.37. The Morgan fingerprint density at radius 3 is 2.62 bits per heavy atom. The number of nitrogens with one attached hydrogen (secondary N) is 1. The van der Waals surface area contributed by atoms with Gasteiger partial charge in [-0.2, -0.15) is 0 Å². The lowest BCUT2D eigenvalue weighted by molar-refractivity contribution is -0.126. The first kappa shape index (κ1) is 10.1. The van der Waals surface area contributed by atoms with Crippen LogP contribution in [0.4, 0.5) is 0 Å². The van der Waals surface area contributed by atoms with Gasteiger partial charge in [-0.15, -0.1) is 6.42 Å². The maximum Gasteiger partial charge on any atom is 0.224 e. The Morgan fingerprint density at radius 2 is 2.08 bits per heavy atom. The van der Waals surface area contributed by atoms with Gasteiger partial charge in [0, 0.05) is 5.92 Å². The van der Waals surface area contributed by atoms with Crippen molar-refractivity contribution in [3.63, 3.8) is 0 Å². The predicted molar refractivity (Wildman–Crippen MR) is 53.0 cm³/mol. The molecule has 1 amide bonds. The summed E-state index contributed by atoms with van der Waals surface area (Å²) >= 11 is 0. The number of terminal acetylenes is 1. The van der Waals surface area contributed by atoms with E-state index in [4.69, 9.17) is 6.42 Å². The van der Waals surface area contributed by atoms with E-state index < -0.39 is 0 Å². The van der Waals surface area contributed by atoms with Crippen LogP contribution in [0.3, 0.4) is 0 Å². The molecular weight excluding hydrogens is 162 g/mol. The van der Waals surface area contributed by atoms with Crippen LogP contribution in [0.2, 0.25) is 0 Å². The highest BCUT2D eigenvalue weighted by atomic mass is 16.1. The van der Waals surface area contributed by atoms with Gasteiger partial charge in [0.15, 0.2) is 0 Å². The summed E-state index contributed by atoms with van der Waals surface area (Å²) in [6.07, 6.45) is 10.9. The van der Waals surface area contributed by atoms with Gasteiger partial charge in [-0.05, 0) is 19.8 Å². The minimum atomic E-state index is -0.130. The van der Waals surface area contributed by atoms with Crippen LogP contribution in [0.15, 0.2) is 0 Å². The molecule has 1 saturated carbocycles. The standard InChI is InChI=1S/C11H17NO/c1-3-9(2)12-11(13)10-7-5-4-6-8-10/h1,9-10H,4-8H2,2H3,(H,12,13). The van der Waals surface area contributed by atoms with E-state index in [-0.39, 0.29) is 17.9 Å².